The van der Waals surface area contributed by atoms with E-state index >= 15 is 0 Å². The normalized spacial score (nSPS) is 21.9. The molecule has 1 aromatic carbocycles. The van der Waals surface area contributed by atoms with Crippen LogP contribution >= 0.6 is 0 Å². The van der Waals surface area contributed by atoms with Gasteiger partial charge >= 0.3 is 0 Å². The van der Waals surface area contributed by atoms with E-state index in [1.165, 1.54) is 0 Å². The highest BCUT2D eigenvalue weighted by atomic mass is 16.5. The molecule has 0 aliphatic carbocycles. The first-order valence-corrected chi connectivity index (χ1v) is 7.64. The number of ketones is 1. The lowest BCUT2D eigenvalue weighted by Gasteiger charge is -2.36. The molecule has 0 spiro atoms. The third-order valence-corrected chi connectivity index (χ3v) is 4.33. The van der Waals surface area contributed by atoms with Gasteiger partial charge in [-0.2, -0.15) is 0 Å². The van der Waals surface area contributed by atoms with Crippen molar-refractivity contribution in [3.8, 4) is 11.5 Å². The fourth-order valence-corrected chi connectivity index (χ4v) is 3.24. The number of hydrogen-bond acceptors (Lipinski definition) is 4. The van der Waals surface area contributed by atoms with Crippen molar-refractivity contribution in [1.29, 1.82) is 0 Å². The zero-order chi connectivity index (χ0) is 15.3. The van der Waals surface area contributed by atoms with Gasteiger partial charge in [-0.15, -0.1) is 0 Å². The lowest BCUT2D eigenvalue weighted by atomic mass is 9.71. The first-order valence-electron chi connectivity index (χ1n) is 7.64. The van der Waals surface area contributed by atoms with Crippen LogP contribution in [0.1, 0.15) is 43.0 Å². The van der Waals surface area contributed by atoms with Crippen LogP contribution in [0.2, 0.25) is 0 Å². The third kappa shape index (κ3) is 3.21. The van der Waals surface area contributed by atoms with E-state index in [1.807, 2.05) is 12.1 Å². The molecular formula is C17H25NO3. The molecule has 2 rings (SSSR count). The van der Waals surface area contributed by atoms with Gasteiger partial charge in [0.2, 0.25) is 0 Å². The molecule has 1 aliphatic rings. The predicted molar refractivity (Wildman–Crippen MR) is 83.3 cm³/mol. The number of hydrogen-bond donors (Lipinski definition) is 1. The lowest BCUT2D eigenvalue weighted by molar-refractivity contribution is 0.0714. The lowest BCUT2D eigenvalue weighted by Crippen LogP contribution is -2.45. The zero-order valence-corrected chi connectivity index (χ0v) is 13.2. The average Bonchev–Trinajstić information content (AvgIpc) is 2.54. The van der Waals surface area contributed by atoms with Crippen LogP contribution < -0.4 is 14.8 Å². The van der Waals surface area contributed by atoms with Crippen LogP contribution in [-0.4, -0.2) is 33.1 Å². The highest BCUT2D eigenvalue weighted by molar-refractivity contribution is 6.03. The Morgan fingerprint density at radius 2 is 2.14 bits per heavy atom. The minimum Gasteiger partial charge on any atom is -0.497 e. The first-order chi connectivity index (χ1) is 10.2. The number of carbonyl (C=O) groups excluding carboxylic acids is 1. The largest absolute Gasteiger partial charge is 0.497 e. The summed E-state index contributed by atoms with van der Waals surface area (Å²) in [5.41, 5.74) is 0.320. The number of methoxy groups -OCH3 is 2. The molecule has 1 heterocycles. The molecule has 0 aromatic heterocycles. The second-order valence-corrected chi connectivity index (χ2v) is 5.71. The molecular weight excluding hydrogens is 266 g/mol. The van der Waals surface area contributed by atoms with Crippen molar-refractivity contribution in [2.75, 3.05) is 27.3 Å². The molecule has 1 fully saturated rings. The molecule has 0 amide bonds. The van der Waals surface area contributed by atoms with Crippen LogP contribution in [0.5, 0.6) is 11.5 Å². The second-order valence-electron chi connectivity index (χ2n) is 5.71. The van der Waals surface area contributed by atoms with Crippen molar-refractivity contribution in [1.82, 2.24) is 5.32 Å². The third-order valence-electron chi connectivity index (χ3n) is 4.33. The molecule has 1 saturated heterocycles. The SMILES string of the molecule is CCCC1(C(=O)c2cc(OC)ccc2OC)CCCNC1. The van der Waals surface area contributed by atoms with Gasteiger partial charge in [0.05, 0.1) is 19.8 Å². The summed E-state index contributed by atoms with van der Waals surface area (Å²) >= 11 is 0. The Hall–Kier alpha value is -1.55. The molecule has 1 aliphatic heterocycles. The Kier molecular flexibility index (Phi) is 5.23. The maximum Gasteiger partial charge on any atom is 0.174 e. The van der Waals surface area contributed by atoms with Crippen molar-refractivity contribution in [3.05, 3.63) is 23.8 Å². The molecule has 4 heteroatoms. The monoisotopic (exact) mass is 291 g/mol. The first kappa shape index (κ1) is 15.8. The van der Waals surface area contributed by atoms with Crippen molar-refractivity contribution in [2.45, 2.75) is 32.6 Å². The summed E-state index contributed by atoms with van der Waals surface area (Å²) < 4.78 is 10.6. The van der Waals surface area contributed by atoms with Gasteiger partial charge in [-0.3, -0.25) is 4.79 Å². The van der Waals surface area contributed by atoms with Crippen LogP contribution in [0.4, 0.5) is 0 Å². The fraction of sp³-hybridized carbons (Fsp3) is 0.588. The van der Waals surface area contributed by atoms with Crippen LogP contribution in [-0.2, 0) is 0 Å². The summed E-state index contributed by atoms with van der Waals surface area (Å²) in [4.78, 5) is 13.2. The number of ether oxygens (including phenoxy) is 2. The van der Waals surface area contributed by atoms with Gasteiger partial charge in [-0.1, -0.05) is 13.3 Å². The standard InChI is InChI=1S/C17H25NO3/c1-4-8-17(9-5-10-18-12-17)16(19)14-11-13(20-2)6-7-15(14)21-3/h6-7,11,18H,4-5,8-10,12H2,1-3H3. The van der Waals surface area contributed by atoms with E-state index in [1.54, 1.807) is 20.3 Å². The minimum absolute atomic E-state index is 0.173. The molecule has 116 valence electrons. The second kappa shape index (κ2) is 6.94. The van der Waals surface area contributed by atoms with Crippen molar-refractivity contribution >= 4 is 5.78 Å². The Labute approximate surface area is 126 Å². The summed E-state index contributed by atoms with van der Waals surface area (Å²) in [6.45, 7) is 3.88. The van der Waals surface area contributed by atoms with Crippen molar-refractivity contribution in [2.24, 2.45) is 5.41 Å². The number of nitrogens with one attached hydrogen (secondary N) is 1. The van der Waals surface area contributed by atoms with Gasteiger partial charge in [-0.25, -0.2) is 0 Å². The smallest absolute Gasteiger partial charge is 0.174 e. The van der Waals surface area contributed by atoms with E-state index in [0.717, 1.165) is 38.8 Å². The van der Waals surface area contributed by atoms with Crippen molar-refractivity contribution < 1.29 is 14.3 Å². The maximum absolute atomic E-state index is 13.2. The van der Waals surface area contributed by atoms with E-state index in [0.29, 0.717) is 17.1 Å². The van der Waals surface area contributed by atoms with E-state index in [4.69, 9.17) is 9.47 Å². The Morgan fingerprint density at radius 3 is 2.71 bits per heavy atom. The molecule has 0 saturated carbocycles. The van der Waals surface area contributed by atoms with Crippen molar-refractivity contribution in [3.63, 3.8) is 0 Å². The summed E-state index contributed by atoms with van der Waals surface area (Å²) in [6.07, 6.45) is 3.88. The number of piperidine rings is 1. The van der Waals surface area contributed by atoms with E-state index in [2.05, 4.69) is 12.2 Å². The Bertz CT molecular complexity index is 487. The molecule has 1 N–H and O–H groups in total. The van der Waals surface area contributed by atoms with Crippen LogP contribution in [0.25, 0.3) is 0 Å². The summed E-state index contributed by atoms with van der Waals surface area (Å²) in [5.74, 6) is 1.49. The Morgan fingerprint density at radius 1 is 1.33 bits per heavy atom. The summed E-state index contributed by atoms with van der Waals surface area (Å²) in [7, 11) is 3.21. The van der Waals surface area contributed by atoms with E-state index in [-0.39, 0.29) is 11.2 Å². The predicted octanol–water partition coefficient (Wildman–Crippen LogP) is 3.06. The highest BCUT2D eigenvalue weighted by Crippen LogP contribution is 2.38. The fourth-order valence-electron chi connectivity index (χ4n) is 3.24. The van der Waals surface area contributed by atoms with Crippen LogP contribution in [0, 0.1) is 5.41 Å². The minimum atomic E-state index is -0.313. The molecule has 21 heavy (non-hydrogen) atoms. The average molecular weight is 291 g/mol. The Balaban J connectivity index is 2.40. The van der Waals surface area contributed by atoms with Gasteiger partial charge in [0.15, 0.2) is 5.78 Å². The van der Waals surface area contributed by atoms with Gasteiger partial charge in [0.1, 0.15) is 11.5 Å². The van der Waals surface area contributed by atoms with Gasteiger partial charge in [0, 0.05) is 12.0 Å². The number of benzene rings is 1. The molecule has 0 bridgehead atoms. The van der Waals surface area contributed by atoms with Crippen LogP contribution in [0.3, 0.4) is 0 Å². The van der Waals surface area contributed by atoms with Crippen LogP contribution in [0.15, 0.2) is 18.2 Å². The number of Topliss-reactive ketones (excluding diaryl/α,β-unsaturated/α-hetero) is 1. The zero-order valence-electron chi connectivity index (χ0n) is 13.2. The summed E-state index contributed by atoms with van der Waals surface area (Å²) in [6, 6.07) is 5.43. The maximum atomic E-state index is 13.2. The van der Waals surface area contributed by atoms with E-state index < -0.39 is 0 Å². The number of carbonyl (C=O) groups is 1. The molecule has 1 unspecified atom stereocenters. The quantitative estimate of drug-likeness (QED) is 0.818. The topological polar surface area (TPSA) is 47.6 Å². The summed E-state index contributed by atoms with van der Waals surface area (Å²) in [5, 5.41) is 3.38. The van der Waals surface area contributed by atoms with Gasteiger partial charge in [0.25, 0.3) is 0 Å². The van der Waals surface area contributed by atoms with Gasteiger partial charge in [-0.05, 0) is 44.0 Å². The highest BCUT2D eigenvalue weighted by Gasteiger charge is 2.40. The molecule has 4 nitrogen and oxygen atoms in total. The van der Waals surface area contributed by atoms with Gasteiger partial charge < -0.3 is 14.8 Å². The van der Waals surface area contributed by atoms with E-state index in [9.17, 15) is 4.79 Å². The number of rotatable bonds is 6. The molecule has 1 aromatic rings. The molecule has 0 radical (unpaired) electrons. The molecule has 1 atom stereocenters.